The Hall–Kier alpha value is -2.80. The maximum Gasteiger partial charge on any atom is 0.337 e. The van der Waals surface area contributed by atoms with Crippen molar-refractivity contribution in [3.63, 3.8) is 0 Å². The first-order chi connectivity index (χ1) is 12.5. The molecule has 2 aromatic rings. The normalized spacial score (nSPS) is 16.7. The molecule has 2 aromatic carbocycles. The monoisotopic (exact) mass is 370 g/mol. The third-order valence-electron chi connectivity index (χ3n) is 3.97. The third-order valence-corrected chi connectivity index (χ3v) is 4.94. The van der Waals surface area contributed by atoms with Gasteiger partial charge in [0.1, 0.15) is 0 Å². The van der Waals surface area contributed by atoms with Crippen molar-refractivity contribution in [1.82, 2.24) is 4.90 Å². The minimum atomic E-state index is -0.658. The number of carbonyl (C=O) groups excluding carboxylic acids is 3. The van der Waals surface area contributed by atoms with Crippen molar-refractivity contribution in [2.45, 2.75) is 18.8 Å². The largest absolute Gasteiger partial charge is 0.465 e. The lowest BCUT2D eigenvalue weighted by Crippen LogP contribution is -2.34. The second-order valence-electron chi connectivity index (χ2n) is 5.89. The number of ether oxygens (including phenoxy) is 1. The standard InChI is InChI=1S/C19H18N2O4S/c1-12-6-8-15(9-7-12)20-16-17(22)21(19(24)26-16)11-13-4-3-5-14(10-13)18(23)25-2/h3-10,16,20H,11H2,1-2H3/t16-/m1/s1. The Morgan fingerprint density at radius 1 is 1.19 bits per heavy atom. The summed E-state index contributed by atoms with van der Waals surface area (Å²) in [6.07, 6.45) is 0. The molecule has 0 aromatic heterocycles. The van der Waals surface area contributed by atoms with Gasteiger partial charge in [-0.2, -0.15) is 0 Å². The minimum absolute atomic E-state index is 0.113. The summed E-state index contributed by atoms with van der Waals surface area (Å²) in [6, 6.07) is 14.3. The Balaban J connectivity index is 1.71. The Kier molecular flexibility index (Phi) is 5.27. The van der Waals surface area contributed by atoms with Gasteiger partial charge < -0.3 is 10.1 Å². The number of rotatable bonds is 5. The maximum absolute atomic E-state index is 12.6. The molecule has 0 bridgehead atoms. The molecule has 6 nitrogen and oxygen atoms in total. The number of imide groups is 1. The van der Waals surface area contributed by atoms with Gasteiger partial charge in [0, 0.05) is 5.69 Å². The zero-order valence-electron chi connectivity index (χ0n) is 14.4. The molecular weight excluding hydrogens is 352 g/mol. The molecule has 1 N–H and O–H groups in total. The van der Waals surface area contributed by atoms with Crippen molar-refractivity contribution < 1.29 is 19.1 Å². The second kappa shape index (κ2) is 7.61. The fourth-order valence-corrected chi connectivity index (χ4v) is 3.48. The summed E-state index contributed by atoms with van der Waals surface area (Å²) >= 11 is 0.950. The molecule has 0 spiro atoms. The SMILES string of the molecule is COC(=O)c1cccc(CN2C(=O)S[C@@H](Nc3ccc(C)cc3)C2=O)c1. The number of methoxy groups -OCH3 is 1. The number of benzene rings is 2. The van der Waals surface area contributed by atoms with Crippen molar-refractivity contribution in [2.24, 2.45) is 0 Å². The van der Waals surface area contributed by atoms with E-state index in [1.54, 1.807) is 24.3 Å². The van der Waals surface area contributed by atoms with Gasteiger partial charge in [-0.05, 0) is 48.5 Å². The van der Waals surface area contributed by atoms with Gasteiger partial charge in [0.2, 0.25) is 0 Å². The van der Waals surface area contributed by atoms with E-state index >= 15 is 0 Å². The summed E-state index contributed by atoms with van der Waals surface area (Å²) in [7, 11) is 1.31. The van der Waals surface area contributed by atoms with Crippen LogP contribution in [0.1, 0.15) is 21.5 Å². The van der Waals surface area contributed by atoms with Crippen LogP contribution in [0.3, 0.4) is 0 Å². The highest BCUT2D eigenvalue weighted by Crippen LogP contribution is 2.29. The molecule has 1 aliphatic rings. The third kappa shape index (κ3) is 3.88. The lowest BCUT2D eigenvalue weighted by Gasteiger charge is -2.15. The zero-order chi connectivity index (χ0) is 18.7. The number of nitrogens with one attached hydrogen (secondary N) is 1. The molecule has 1 saturated heterocycles. The Bertz CT molecular complexity index is 851. The predicted octanol–water partition coefficient (Wildman–Crippen LogP) is 3.42. The first-order valence-electron chi connectivity index (χ1n) is 8.00. The van der Waals surface area contributed by atoms with E-state index in [0.717, 1.165) is 23.0 Å². The Morgan fingerprint density at radius 2 is 1.92 bits per heavy atom. The second-order valence-corrected chi connectivity index (χ2v) is 6.95. The van der Waals surface area contributed by atoms with Crippen LogP contribution in [-0.4, -0.2) is 34.5 Å². The van der Waals surface area contributed by atoms with Crippen molar-refractivity contribution >= 4 is 34.6 Å². The van der Waals surface area contributed by atoms with E-state index in [2.05, 4.69) is 5.32 Å². The molecule has 0 aliphatic carbocycles. The van der Waals surface area contributed by atoms with Crippen molar-refractivity contribution in [1.29, 1.82) is 0 Å². The average molecular weight is 370 g/mol. The van der Waals surface area contributed by atoms with Crippen molar-refractivity contribution in [3.05, 3.63) is 65.2 Å². The molecule has 134 valence electrons. The lowest BCUT2D eigenvalue weighted by molar-refractivity contribution is -0.126. The van der Waals surface area contributed by atoms with Crippen molar-refractivity contribution in [2.75, 3.05) is 12.4 Å². The lowest BCUT2D eigenvalue weighted by atomic mass is 10.1. The van der Waals surface area contributed by atoms with Crippen molar-refractivity contribution in [3.8, 4) is 0 Å². The smallest absolute Gasteiger partial charge is 0.337 e. The molecule has 7 heteroatoms. The molecule has 1 atom stereocenters. The Morgan fingerprint density at radius 3 is 2.62 bits per heavy atom. The molecule has 26 heavy (non-hydrogen) atoms. The number of amides is 2. The summed E-state index contributed by atoms with van der Waals surface area (Å²) < 4.78 is 4.69. The fraction of sp³-hybridized carbons (Fsp3) is 0.211. The van der Waals surface area contributed by atoms with E-state index in [1.165, 1.54) is 12.0 Å². The number of esters is 1. The van der Waals surface area contributed by atoms with Crippen LogP contribution in [0.4, 0.5) is 10.5 Å². The number of nitrogens with zero attached hydrogens (tertiary/aromatic N) is 1. The highest BCUT2D eigenvalue weighted by Gasteiger charge is 2.39. The molecule has 1 heterocycles. The van der Waals surface area contributed by atoms with Gasteiger partial charge in [-0.1, -0.05) is 29.8 Å². The first-order valence-corrected chi connectivity index (χ1v) is 8.88. The van der Waals surface area contributed by atoms with Crippen LogP contribution in [-0.2, 0) is 16.1 Å². The predicted molar refractivity (Wildman–Crippen MR) is 99.9 cm³/mol. The van der Waals surface area contributed by atoms with E-state index in [1.807, 2.05) is 31.2 Å². The van der Waals surface area contributed by atoms with Crippen LogP contribution < -0.4 is 5.32 Å². The van der Waals surface area contributed by atoms with Gasteiger partial charge in [-0.15, -0.1) is 0 Å². The quantitative estimate of drug-likeness (QED) is 0.813. The van der Waals surface area contributed by atoms with Crippen LogP contribution in [0.5, 0.6) is 0 Å². The maximum atomic E-state index is 12.6. The number of anilines is 1. The van der Waals surface area contributed by atoms with Gasteiger partial charge >= 0.3 is 5.97 Å². The minimum Gasteiger partial charge on any atom is -0.465 e. The number of aryl methyl sites for hydroxylation is 1. The van der Waals surface area contributed by atoms with Gasteiger partial charge in [-0.3, -0.25) is 14.5 Å². The van der Waals surface area contributed by atoms with E-state index in [4.69, 9.17) is 4.74 Å². The van der Waals surface area contributed by atoms with Crippen LogP contribution >= 0.6 is 11.8 Å². The number of thioether (sulfide) groups is 1. The van der Waals surface area contributed by atoms with Crippen LogP contribution in [0, 0.1) is 6.92 Å². The van der Waals surface area contributed by atoms with E-state index in [0.29, 0.717) is 11.1 Å². The van der Waals surface area contributed by atoms with Crippen LogP contribution in [0.2, 0.25) is 0 Å². The highest BCUT2D eigenvalue weighted by atomic mass is 32.2. The summed E-state index contributed by atoms with van der Waals surface area (Å²) in [4.78, 5) is 37.7. The Labute approximate surface area is 155 Å². The van der Waals surface area contributed by atoms with Gasteiger partial charge in [0.15, 0.2) is 5.37 Å². The molecule has 0 radical (unpaired) electrons. The molecule has 1 aliphatic heterocycles. The highest BCUT2D eigenvalue weighted by molar-refractivity contribution is 8.15. The first kappa shape index (κ1) is 18.0. The van der Waals surface area contributed by atoms with E-state index < -0.39 is 11.3 Å². The van der Waals surface area contributed by atoms with Gasteiger partial charge in [0.05, 0.1) is 19.2 Å². The number of hydrogen-bond donors (Lipinski definition) is 1. The summed E-state index contributed by atoms with van der Waals surface area (Å²) in [5, 5.41) is 2.10. The zero-order valence-corrected chi connectivity index (χ0v) is 15.2. The molecule has 0 unspecified atom stereocenters. The van der Waals surface area contributed by atoms with Crippen LogP contribution in [0.25, 0.3) is 0 Å². The molecule has 3 rings (SSSR count). The average Bonchev–Trinajstić information content (AvgIpc) is 2.90. The molecule has 0 saturated carbocycles. The molecule has 1 fully saturated rings. The number of hydrogen-bond acceptors (Lipinski definition) is 6. The van der Waals surface area contributed by atoms with Gasteiger partial charge in [-0.25, -0.2) is 4.79 Å². The summed E-state index contributed by atoms with van der Waals surface area (Å²) in [5.41, 5.74) is 2.96. The summed E-state index contributed by atoms with van der Waals surface area (Å²) in [5.74, 6) is -0.761. The number of carbonyl (C=O) groups is 3. The van der Waals surface area contributed by atoms with Gasteiger partial charge in [0.25, 0.3) is 11.1 Å². The van der Waals surface area contributed by atoms with E-state index in [9.17, 15) is 14.4 Å². The van der Waals surface area contributed by atoms with E-state index in [-0.39, 0.29) is 17.7 Å². The molecule has 2 amide bonds. The van der Waals surface area contributed by atoms with Crippen LogP contribution in [0.15, 0.2) is 48.5 Å². The molecular formula is C19H18N2O4S. The fourth-order valence-electron chi connectivity index (χ4n) is 2.58. The summed E-state index contributed by atoms with van der Waals surface area (Å²) in [6.45, 7) is 2.09. The topological polar surface area (TPSA) is 75.7 Å².